The van der Waals surface area contributed by atoms with Crippen molar-refractivity contribution in [1.82, 2.24) is 0 Å². The molecule has 2 N–H and O–H groups in total. The Kier molecular flexibility index (Phi) is 1.03. The van der Waals surface area contributed by atoms with Crippen LogP contribution in [0.2, 0.25) is 0 Å². The normalized spacial score (nSPS) is 40.5. The highest BCUT2D eigenvalue weighted by molar-refractivity contribution is 5.04. The Bertz CT molecular complexity index is 159. The van der Waals surface area contributed by atoms with Crippen LogP contribution in [0.25, 0.3) is 0 Å². The Hall–Kier alpha value is -0.0800. The van der Waals surface area contributed by atoms with Crippen LogP contribution in [0.4, 0.5) is 0 Å². The minimum Gasteiger partial charge on any atom is -0.327 e. The fourth-order valence-corrected chi connectivity index (χ4v) is 2.45. The number of likely N-dealkylation sites (N-methyl/N-ethyl adjacent to an activating group) is 1. The van der Waals surface area contributed by atoms with E-state index in [1.165, 1.54) is 25.9 Å². The van der Waals surface area contributed by atoms with Crippen LogP contribution in [0.1, 0.15) is 12.8 Å². The van der Waals surface area contributed by atoms with Crippen molar-refractivity contribution in [3.63, 3.8) is 0 Å². The quantitative estimate of drug-likeness (QED) is 0.479. The van der Waals surface area contributed by atoms with Crippen molar-refractivity contribution in [2.45, 2.75) is 18.9 Å². The van der Waals surface area contributed by atoms with E-state index in [4.69, 9.17) is 5.73 Å². The van der Waals surface area contributed by atoms with Gasteiger partial charge in [0.1, 0.15) is 0 Å². The lowest BCUT2D eigenvalue weighted by Crippen LogP contribution is -2.38. The van der Waals surface area contributed by atoms with Crippen molar-refractivity contribution in [2.24, 2.45) is 11.1 Å². The Morgan fingerprint density at radius 2 is 2.00 bits per heavy atom. The summed E-state index contributed by atoms with van der Waals surface area (Å²) >= 11 is 0. The van der Waals surface area contributed by atoms with Gasteiger partial charge in [-0.1, -0.05) is 0 Å². The summed E-state index contributed by atoms with van der Waals surface area (Å²) in [5.74, 6) is 0. The molecule has 2 aliphatic rings. The largest absolute Gasteiger partial charge is 0.327 e. The Morgan fingerprint density at radius 1 is 1.40 bits per heavy atom. The molecule has 1 spiro atoms. The summed E-state index contributed by atoms with van der Waals surface area (Å²) in [4.78, 5) is 0. The zero-order chi connectivity index (χ0) is 7.41. The first-order chi connectivity index (χ1) is 4.54. The zero-order valence-electron chi connectivity index (χ0n) is 6.93. The summed E-state index contributed by atoms with van der Waals surface area (Å²) in [6.07, 6.45) is 2.77. The second kappa shape index (κ2) is 1.56. The summed E-state index contributed by atoms with van der Waals surface area (Å²) in [5, 5.41) is 0. The standard InChI is InChI=1S/C8H17N2/c1-10(2)5-7(9)8(6-10)3-4-8/h7H,3-6,9H2,1-2H3/q+1/t7-/m0/s1. The molecule has 2 rings (SSSR count). The molecule has 0 bridgehead atoms. The fourth-order valence-electron chi connectivity index (χ4n) is 2.45. The molecule has 2 heteroatoms. The number of quaternary nitrogens is 1. The third-order valence-corrected chi connectivity index (χ3v) is 3.11. The van der Waals surface area contributed by atoms with Crippen molar-refractivity contribution < 1.29 is 4.48 Å². The predicted octanol–water partition coefficient (Wildman–Crippen LogP) is 0.184. The van der Waals surface area contributed by atoms with Gasteiger partial charge in [-0.3, -0.25) is 0 Å². The summed E-state index contributed by atoms with van der Waals surface area (Å²) in [6.45, 7) is 2.49. The molecule has 0 unspecified atom stereocenters. The summed E-state index contributed by atoms with van der Waals surface area (Å²) in [6, 6.07) is 0.488. The van der Waals surface area contributed by atoms with Gasteiger partial charge < -0.3 is 10.2 Å². The van der Waals surface area contributed by atoms with Crippen LogP contribution in [0.15, 0.2) is 0 Å². The van der Waals surface area contributed by atoms with E-state index in [0.717, 1.165) is 4.48 Å². The van der Waals surface area contributed by atoms with Gasteiger partial charge in [-0.15, -0.1) is 0 Å². The van der Waals surface area contributed by atoms with Gasteiger partial charge in [0.05, 0.1) is 33.2 Å². The van der Waals surface area contributed by atoms with Crippen LogP contribution in [0.5, 0.6) is 0 Å². The third kappa shape index (κ3) is 0.789. The first-order valence-corrected chi connectivity index (χ1v) is 4.12. The lowest BCUT2D eigenvalue weighted by atomic mass is 10.0. The first kappa shape index (κ1) is 6.62. The molecule has 10 heavy (non-hydrogen) atoms. The minimum absolute atomic E-state index is 0.488. The molecule has 0 radical (unpaired) electrons. The average molecular weight is 141 g/mol. The molecule has 2 fully saturated rings. The molecule has 0 aromatic heterocycles. The van der Waals surface area contributed by atoms with Gasteiger partial charge in [-0.25, -0.2) is 0 Å². The van der Waals surface area contributed by atoms with Crippen LogP contribution in [0, 0.1) is 5.41 Å². The van der Waals surface area contributed by atoms with Gasteiger partial charge in [0.2, 0.25) is 0 Å². The first-order valence-electron chi connectivity index (χ1n) is 4.12. The van der Waals surface area contributed by atoms with Crippen molar-refractivity contribution in [3.8, 4) is 0 Å². The van der Waals surface area contributed by atoms with E-state index in [2.05, 4.69) is 14.1 Å². The molecule has 1 atom stereocenters. The second-order valence-electron chi connectivity index (χ2n) is 4.75. The fraction of sp³-hybridized carbons (Fsp3) is 1.00. The Labute approximate surface area is 62.6 Å². The van der Waals surface area contributed by atoms with E-state index in [1.807, 2.05) is 0 Å². The monoisotopic (exact) mass is 141 g/mol. The summed E-state index contributed by atoms with van der Waals surface area (Å²) in [7, 11) is 4.57. The zero-order valence-corrected chi connectivity index (χ0v) is 6.93. The number of likely N-dealkylation sites (tertiary alicyclic amines) is 1. The van der Waals surface area contributed by atoms with Gasteiger partial charge in [-0.05, 0) is 12.8 Å². The molecule has 0 aromatic carbocycles. The van der Waals surface area contributed by atoms with Gasteiger partial charge in [0.15, 0.2) is 0 Å². The number of nitrogens with two attached hydrogens (primary N) is 1. The maximum atomic E-state index is 6.04. The Balaban J connectivity index is 2.15. The van der Waals surface area contributed by atoms with Crippen LogP contribution in [-0.4, -0.2) is 37.7 Å². The van der Waals surface area contributed by atoms with Crippen molar-refractivity contribution in [1.29, 1.82) is 0 Å². The Morgan fingerprint density at radius 3 is 2.20 bits per heavy atom. The average Bonchev–Trinajstić information content (AvgIpc) is 2.40. The minimum atomic E-state index is 0.488. The number of hydrogen-bond donors (Lipinski definition) is 1. The summed E-state index contributed by atoms with van der Waals surface area (Å²) < 4.78 is 1.14. The molecule has 58 valence electrons. The van der Waals surface area contributed by atoms with E-state index >= 15 is 0 Å². The maximum absolute atomic E-state index is 6.04. The lowest BCUT2D eigenvalue weighted by Gasteiger charge is -2.23. The molecular weight excluding hydrogens is 124 g/mol. The predicted molar refractivity (Wildman–Crippen MR) is 41.5 cm³/mol. The van der Waals surface area contributed by atoms with Crippen molar-refractivity contribution in [2.75, 3.05) is 27.2 Å². The molecule has 1 saturated carbocycles. The smallest absolute Gasteiger partial charge is 0.0944 e. The highest BCUT2D eigenvalue weighted by Crippen LogP contribution is 2.53. The molecule has 1 aliphatic carbocycles. The van der Waals surface area contributed by atoms with Crippen molar-refractivity contribution >= 4 is 0 Å². The number of hydrogen-bond acceptors (Lipinski definition) is 1. The second-order valence-corrected chi connectivity index (χ2v) is 4.75. The van der Waals surface area contributed by atoms with Crippen LogP contribution in [0.3, 0.4) is 0 Å². The molecule has 1 aliphatic heterocycles. The topological polar surface area (TPSA) is 26.0 Å². The lowest BCUT2D eigenvalue weighted by molar-refractivity contribution is -0.880. The molecular formula is C8H17N2+. The van der Waals surface area contributed by atoms with E-state index in [0.29, 0.717) is 11.5 Å². The molecule has 1 heterocycles. The van der Waals surface area contributed by atoms with Gasteiger partial charge in [-0.2, -0.15) is 0 Å². The molecule has 0 amide bonds. The third-order valence-electron chi connectivity index (χ3n) is 3.11. The van der Waals surface area contributed by atoms with E-state index in [-0.39, 0.29) is 0 Å². The van der Waals surface area contributed by atoms with E-state index in [1.54, 1.807) is 0 Å². The SMILES string of the molecule is C[N+]1(C)C[C@H](N)C2(CC2)C1. The van der Waals surface area contributed by atoms with Crippen LogP contribution in [-0.2, 0) is 0 Å². The van der Waals surface area contributed by atoms with E-state index in [9.17, 15) is 0 Å². The highest BCUT2D eigenvalue weighted by atomic mass is 15.4. The van der Waals surface area contributed by atoms with Gasteiger partial charge in [0.25, 0.3) is 0 Å². The van der Waals surface area contributed by atoms with Crippen LogP contribution >= 0.6 is 0 Å². The van der Waals surface area contributed by atoms with Gasteiger partial charge in [0, 0.05) is 5.41 Å². The molecule has 2 nitrogen and oxygen atoms in total. The van der Waals surface area contributed by atoms with Crippen molar-refractivity contribution in [3.05, 3.63) is 0 Å². The molecule has 1 saturated heterocycles. The van der Waals surface area contributed by atoms with E-state index < -0.39 is 0 Å². The number of rotatable bonds is 0. The number of nitrogens with zero attached hydrogens (tertiary/aromatic N) is 1. The highest BCUT2D eigenvalue weighted by Gasteiger charge is 2.58. The molecule has 0 aromatic rings. The summed E-state index contributed by atoms with van der Waals surface area (Å²) in [5.41, 5.74) is 6.62. The van der Waals surface area contributed by atoms with Crippen LogP contribution < -0.4 is 5.73 Å². The maximum Gasteiger partial charge on any atom is 0.0944 e. The van der Waals surface area contributed by atoms with Gasteiger partial charge >= 0.3 is 0 Å².